The Morgan fingerprint density at radius 1 is 1.04 bits per heavy atom. The van der Waals surface area contributed by atoms with Crippen molar-refractivity contribution >= 4 is 73.9 Å². The number of carbonyl (C=O) groups is 2. The Bertz CT molecular complexity index is 2370. The van der Waals surface area contributed by atoms with E-state index >= 15 is 4.79 Å². The number of fused-ring (bicyclic) bond motifs is 4. The van der Waals surface area contributed by atoms with Gasteiger partial charge in [-0.25, -0.2) is 4.79 Å². The molecule has 290 valence electrons. The number of ether oxygens (including phenoxy) is 3. The minimum absolute atomic E-state index is 0.0736. The number of anilines is 1. The Morgan fingerprint density at radius 2 is 1.75 bits per heavy atom. The number of methoxy groups -OCH3 is 2. The van der Waals surface area contributed by atoms with Gasteiger partial charge in [0.2, 0.25) is 0 Å². The summed E-state index contributed by atoms with van der Waals surface area (Å²) in [6.45, 7) is 10.5. The van der Waals surface area contributed by atoms with Gasteiger partial charge in [-0.3, -0.25) is 10.6 Å². The molecule has 0 saturated heterocycles. The Hall–Kier alpha value is -5.01. The normalized spacial score (nSPS) is 14.7. The van der Waals surface area contributed by atoms with E-state index < -0.39 is 5.97 Å². The number of hydrazine groups is 1. The molecule has 0 bridgehead atoms. The van der Waals surface area contributed by atoms with E-state index in [1.807, 2.05) is 43.5 Å². The maximum absolute atomic E-state index is 15.3. The van der Waals surface area contributed by atoms with Crippen LogP contribution in [0.2, 0.25) is 10.0 Å². The predicted molar refractivity (Wildman–Crippen MR) is 219 cm³/mol. The topological polar surface area (TPSA) is 157 Å². The number of nitrogens with two attached hydrogens (primary N) is 1. The van der Waals surface area contributed by atoms with Gasteiger partial charge in [-0.15, -0.1) is 0 Å². The van der Waals surface area contributed by atoms with Crippen molar-refractivity contribution in [2.75, 3.05) is 38.9 Å². The van der Waals surface area contributed by atoms with Crippen molar-refractivity contribution in [2.45, 2.75) is 60.0 Å². The zero-order valence-electron chi connectivity index (χ0n) is 32.0. The van der Waals surface area contributed by atoms with Crippen LogP contribution in [-0.4, -0.2) is 65.8 Å². The number of aromatic nitrogens is 2. The molecule has 1 amide bonds. The van der Waals surface area contributed by atoms with E-state index in [1.54, 1.807) is 54.7 Å². The standard InChI is InChI=1S/C41H46Cl2N6O6/c1-21-15-28(16-22(2)36(21)43)55-13-8-9-29-30-10-11-31(42)35(34(24(4)44)25(5)46-45)38(30)49-23(3)20-48(40(50)39(29)49)32-19-27(54-7)17-26-18-33(41(51)52)47(37(26)32)12-14-53-6/h10-11,15-19,23,44,46H,8-9,12-14,20,45H2,1-7H3,(H,51,52)/b34-25+,44-24?/t23-/m1/s1. The van der Waals surface area contributed by atoms with Crippen LogP contribution >= 0.6 is 23.2 Å². The van der Waals surface area contributed by atoms with Crippen molar-refractivity contribution in [2.24, 2.45) is 5.84 Å². The first-order valence-corrected chi connectivity index (χ1v) is 18.7. The van der Waals surface area contributed by atoms with Gasteiger partial charge in [-0.05, 0) is 94.5 Å². The lowest BCUT2D eigenvalue weighted by Gasteiger charge is -2.35. The molecule has 0 saturated carbocycles. The van der Waals surface area contributed by atoms with E-state index in [1.165, 1.54) is 7.11 Å². The van der Waals surface area contributed by atoms with Gasteiger partial charge >= 0.3 is 5.97 Å². The quantitative estimate of drug-likeness (QED) is 0.0379. The summed E-state index contributed by atoms with van der Waals surface area (Å²) < 4.78 is 21.0. The van der Waals surface area contributed by atoms with Crippen LogP contribution in [0.1, 0.15) is 76.5 Å². The number of aryl methyl sites for hydroxylation is 3. The molecule has 0 spiro atoms. The summed E-state index contributed by atoms with van der Waals surface area (Å²) in [7, 11) is 3.09. The van der Waals surface area contributed by atoms with Crippen LogP contribution < -0.4 is 25.6 Å². The third-order valence-electron chi connectivity index (χ3n) is 10.2. The van der Waals surface area contributed by atoms with Crippen LogP contribution in [0.15, 0.2) is 48.2 Å². The summed E-state index contributed by atoms with van der Waals surface area (Å²) in [5.74, 6) is 5.74. The highest BCUT2D eigenvalue weighted by Gasteiger charge is 2.38. The lowest BCUT2D eigenvalue weighted by molar-refractivity contribution is 0.0683. The fourth-order valence-corrected chi connectivity index (χ4v) is 8.17. The van der Waals surface area contributed by atoms with Crippen LogP contribution in [0, 0.1) is 19.3 Å². The van der Waals surface area contributed by atoms with Crippen molar-refractivity contribution in [3.8, 4) is 11.5 Å². The average molecular weight is 790 g/mol. The molecule has 0 fully saturated rings. The fraction of sp³-hybridized carbons (Fsp3) is 0.341. The molecule has 12 nitrogen and oxygen atoms in total. The van der Waals surface area contributed by atoms with Gasteiger partial charge < -0.3 is 44.2 Å². The zero-order valence-corrected chi connectivity index (χ0v) is 33.5. The molecule has 1 aliphatic rings. The van der Waals surface area contributed by atoms with Gasteiger partial charge in [0.15, 0.2) is 0 Å². The maximum Gasteiger partial charge on any atom is 0.352 e. The molecule has 5 N–H and O–H groups in total. The van der Waals surface area contributed by atoms with E-state index in [0.29, 0.717) is 80.1 Å². The van der Waals surface area contributed by atoms with Gasteiger partial charge in [0.1, 0.15) is 22.9 Å². The van der Waals surface area contributed by atoms with Crippen LogP contribution in [0.5, 0.6) is 11.5 Å². The number of nitrogens with zero attached hydrogens (tertiary/aromatic N) is 3. The Kier molecular flexibility index (Phi) is 11.5. The summed E-state index contributed by atoms with van der Waals surface area (Å²) in [5.41, 5.74) is 9.70. The summed E-state index contributed by atoms with van der Waals surface area (Å²) in [4.78, 5) is 29.5. The molecule has 14 heteroatoms. The highest BCUT2D eigenvalue weighted by molar-refractivity contribution is 6.37. The monoisotopic (exact) mass is 788 g/mol. The van der Waals surface area contributed by atoms with Crippen molar-refractivity contribution in [3.05, 3.63) is 91.8 Å². The molecular weight excluding hydrogens is 743 g/mol. The zero-order chi connectivity index (χ0) is 39.9. The summed E-state index contributed by atoms with van der Waals surface area (Å²) in [6, 6.07) is 12.4. The number of hydrogen-bond acceptors (Lipinski definition) is 8. The largest absolute Gasteiger partial charge is 0.497 e. The first-order valence-electron chi connectivity index (χ1n) is 18.0. The number of halogens is 2. The predicted octanol–water partition coefficient (Wildman–Crippen LogP) is 8.34. The first kappa shape index (κ1) is 39.7. The second-order valence-corrected chi connectivity index (χ2v) is 14.7. The number of carboxylic acids is 1. The summed E-state index contributed by atoms with van der Waals surface area (Å²) >= 11 is 13.4. The lowest BCUT2D eigenvalue weighted by atomic mass is 9.96. The van der Waals surface area contributed by atoms with Gasteiger partial charge in [0, 0.05) is 70.6 Å². The number of amides is 1. The minimum atomic E-state index is -1.10. The highest BCUT2D eigenvalue weighted by Crippen LogP contribution is 2.44. The number of carbonyl (C=O) groups excluding carboxylic acids is 1. The molecule has 55 heavy (non-hydrogen) atoms. The number of allylic oxidation sites excluding steroid dienone is 2. The van der Waals surface area contributed by atoms with Gasteiger partial charge in [0.25, 0.3) is 5.91 Å². The van der Waals surface area contributed by atoms with E-state index in [0.717, 1.165) is 27.6 Å². The second-order valence-electron chi connectivity index (χ2n) is 13.9. The molecular formula is C41H46Cl2N6O6. The van der Waals surface area contributed by atoms with E-state index in [9.17, 15) is 9.90 Å². The maximum atomic E-state index is 15.3. The number of benzene rings is 3. The minimum Gasteiger partial charge on any atom is -0.497 e. The van der Waals surface area contributed by atoms with Gasteiger partial charge in [-0.2, -0.15) is 0 Å². The van der Waals surface area contributed by atoms with Crippen molar-refractivity contribution in [3.63, 3.8) is 0 Å². The molecule has 3 aromatic carbocycles. The Morgan fingerprint density at radius 3 is 2.36 bits per heavy atom. The molecule has 1 atom stereocenters. The van der Waals surface area contributed by atoms with Crippen LogP contribution in [-0.2, 0) is 17.7 Å². The molecule has 5 aromatic rings. The molecule has 2 aromatic heterocycles. The lowest BCUT2D eigenvalue weighted by Crippen LogP contribution is -2.43. The fourth-order valence-electron chi connectivity index (χ4n) is 7.81. The highest BCUT2D eigenvalue weighted by atomic mass is 35.5. The Balaban J connectivity index is 1.56. The second kappa shape index (κ2) is 16.0. The van der Waals surface area contributed by atoms with E-state index in [4.69, 9.17) is 48.7 Å². The molecule has 6 rings (SSSR count). The SMILES string of the molecule is COCCn1c(C(=O)O)cc2cc(OC)cc(N3C[C@@H](C)n4c(c(CCCOc5cc(C)c(Cl)c(C)c5)c5ccc(Cl)c(/C(C(C)=N)=C(\C)NN)c54)C3=O)c21. The number of nitrogens with one attached hydrogen (secondary N) is 2. The average Bonchev–Trinajstić information content (AvgIpc) is 3.69. The van der Waals surface area contributed by atoms with Crippen LogP contribution in [0.4, 0.5) is 5.69 Å². The van der Waals surface area contributed by atoms with Crippen molar-refractivity contribution in [1.29, 1.82) is 5.41 Å². The molecule has 0 radical (unpaired) electrons. The Labute approximate surface area is 329 Å². The molecule has 0 unspecified atom stereocenters. The number of hydrogen-bond donors (Lipinski definition) is 4. The van der Waals surface area contributed by atoms with Gasteiger partial charge in [-0.1, -0.05) is 29.3 Å². The number of carboxylic acid groups (broad SMARTS) is 1. The van der Waals surface area contributed by atoms with Crippen molar-refractivity contribution < 1.29 is 28.9 Å². The van der Waals surface area contributed by atoms with Gasteiger partial charge in [0.05, 0.1) is 42.1 Å². The summed E-state index contributed by atoms with van der Waals surface area (Å²) in [6.07, 6.45) is 1.06. The molecule has 1 aliphatic heterocycles. The third-order valence-corrected chi connectivity index (χ3v) is 11.1. The third kappa shape index (κ3) is 7.15. The first-order chi connectivity index (χ1) is 26.2. The number of aromatic carboxylic acids is 1. The summed E-state index contributed by atoms with van der Waals surface area (Å²) in [5, 5.41) is 21.5. The van der Waals surface area contributed by atoms with E-state index in [2.05, 4.69) is 5.43 Å². The molecule has 3 heterocycles. The van der Waals surface area contributed by atoms with Crippen LogP contribution in [0.25, 0.3) is 27.4 Å². The van der Waals surface area contributed by atoms with Crippen molar-refractivity contribution in [1.82, 2.24) is 14.6 Å². The van der Waals surface area contributed by atoms with Crippen LogP contribution in [0.3, 0.4) is 0 Å². The molecule has 0 aliphatic carbocycles. The number of rotatable bonds is 14. The van der Waals surface area contributed by atoms with E-state index in [-0.39, 0.29) is 43.1 Å². The smallest absolute Gasteiger partial charge is 0.352 e.